The maximum absolute atomic E-state index is 12.7. The maximum Gasteiger partial charge on any atom is 0.328 e. The smallest absolute Gasteiger partial charge is 0.328 e. The number of aliphatic hydroxyl groups excluding tert-OH is 1. The van der Waals surface area contributed by atoms with Crippen LogP contribution in [-0.2, 0) is 19.4 Å². The van der Waals surface area contributed by atoms with Crippen molar-refractivity contribution in [1.82, 2.24) is 4.90 Å². The zero-order valence-corrected chi connectivity index (χ0v) is 13.4. The lowest BCUT2D eigenvalue weighted by atomic mass is 9.85. The van der Waals surface area contributed by atoms with Crippen LogP contribution >= 0.6 is 0 Å². The summed E-state index contributed by atoms with van der Waals surface area (Å²) >= 11 is 0. The first-order valence-electron chi connectivity index (χ1n) is 7.14. The molecule has 2 N–H and O–H groups in total. The number of carbonyl (C=O) groups excluding carboxylic acids is 1. The van der Waals surface area contributed by atoms with Gasteiger partial charge >= 0.3 is 5.97 Å². The number of hydrogen-bond acceptors (Lipinski definition) is 5. The molecule has 2 aliphatic heterocycles. The number of amides is 1. The Bertz CT molecular complexity index is 772. The second-order valence-electron chi connectivity index (χ2n) is 6.41. The highest BCUT2D eigenvalue weighted by Crippen LogP contribution is 2.51. The van der Waals surface area contributed by atoms with Gasteiger partial charge in [0, 0.05) is 0 Å². The molecule has 7 nitrogen and oxygen atoms in total. The average Bonchev–Trinajstić information content (AvgIpc) is 2.62. The van der Waals surface area contributed by atoms with Crippen LogP contribution < -0.4 is 0 Å². The van der Waals surface area contributed by atoms with Gasteiger partial charge in [0.25, 0.3) is 0 Å². The van der Waals surface area contributed by atoms with Crippen molar-refractivity contribution in [2.45, 2.75) is 36.1 Å². The number of benzene rings is 1. The first-order chi connectivity index (χ1) is 10.6. The van der Waals surface area contributed by atoms with Crippen molar-refractivity contribution >= 4 is 21.7 Å². The molecule has 0 aliphatic carbocycles. The lowest BCUT2D eigenvalue weighted by Crippen LogP contribution is -2.64. The molecule has 3 rings (SSSR count). The van der Waals surface area contributed by atoms with Crippen LogP contribution in [-0.4, -0.2) is 51.6 Å². The van der Waals surface area contributed by atoms with Gasteiger partial charge in [-0.2, -0.15) is 0 Å². The molecule has 23 heavy (non-hydrogen) atoms. The Balaban J connectivity index is 2.04. The van der Waals surface area contributed by atoms with Crippen LogP contribution in [0.15, 0.2) is 30.3 Å². The van der Waals surface area contributed by atoms with Gasteiger partial charge in [-0.3, -0.25) is 4.79 Å². The fourth-order valence-corrected chi connectivity index (χ4v) is 5.82. The number of aliphatic carboxylic acids is 1. The van der Waals surface area contributed by atoms with E-state index < -0.39 is 49.9 Å². The van der Waals surface area contributed by atoms with Crippen molar-refractivity contribution in [2.75, 3.05) is 0 Å². The zero-order valence-electron chi connectivity index (χ0n) is 12.6. The molecule has 1 aromatic carbocycles. The molecule has 0 unspecified atom stereocenters. The molecule has 0 bridgehead atoms. The fraction of sp³-hybridized carbons (Fsp3) is 0.467. The standard InChI is InChI=1S/C15H17NO6S/c1-15(2)11(14(19)20)16-12(18)9(13(16)23(15,21)22)10(17)8-6-4-3-5-7-8/h3-7,9-11,13,17H,1-2H3,(H,19,20)/t9-,10-,11+,13-/m1/s1. The predicted molar refractivity (Wildman–Crippen MR) is 79.9 cm³/mol. The summed E-state index contributed by atoms with van der Waals surface area (Å²) in [5.74, 6) is -3.18. The first kappa shape index (κ1) is 15.9. The Morgan fingerprint density at radius 2 is 1.83 bits per heavy atom. The summed E-state index contributed by atoms with van der Waals surface area (Å²) in [5, 5.41) is 18.5. The summed E-state index contributed by atoms with van der Waals surface area (Å²) in [6.45, 7) is 2.61. The molecule has 2 heterocycles. The molecule has 0 saturated carbocycles. The van der Waals surface area contributed by atoms with Gasteiger partial charge in [-0.15, -0.1) is 0 Å². The van der Waals surface area contributed by atoms with Crippen LogP contribution in [0.4, 0.5) is 0 Å². The second kappa shape index (κ2) is 4.78. The van der Waals surface area contributed by atoms with Gasteiger partial charge in [0.1, 0.15) is 17.3 Å². The molecule has 0 radical (unpaired) electrons. The number of β-lactam (4-membered cyclic amide) rings is 1. The van der Waals surface area contributed by atoms with Gasteiger partial charge in [0.15, 0.2) is 9.84 Å². The van der Waals surface area contributed by atoms with Crippen LogP contribution in [0, 0.1) is 5.92 Å². The molecule has 1 aromatic rings. The van der Waals surface area contributed by atoms with Crippen molar-refractivity contribution < 1.29 is 28.2 Å². The van der Waals surface area contributed by atoms with Crippen LogP contribution in [0.5, 0.6) is 0 Å². The van der Waals surface area contributed by atoms with E-state index in [2.05, 4.69) is 0 Å². The molecule has 2 aliphatic rings. The van der Waals surface area contributed by atoms with Crippen molar-refractivity contribution in [1.29, 1.82) is 0 Å². The van der Waals surface area contributed by atoms with Crippen molar-refractivity contribution in [3.05, 3.63) is 35.9 Å². The van der Waals surface area contributed by atoms with E-state index in [1.165, 1.54) is 13.8 Å². The van der Waals surface area contributed by atoms with E-state index in [4.69, 9.17) is 0 Å². The van der Waals surface area contributed by atoms with E-state index in [1.54, 1.807) is 30.3 Å². The van der Waals surface area contributed by atoms with Gasteiger partial charge in [0.05, 0.1) is 10.9 Å². The summed E-state index contributed by atoms with van der Waals surface area (Å²) in [7, 11) is -3.93. The lowest BCUT2D eigenvalue weighted by molar-refractivity contribution is -0.169. The van der Waals surface area contributed by atoms with Crippen LogP contribution in [0.2, 0.25) is 0 Å². The summed E-state index contributed by atoms with van der Waals surface area (Å²) in [6.07, 6.45) is -1.29. The summed E-state index contributed by atoms with van der Waals surface area (Å²) in [5.41, 5.74) is 0.428. The minimum Gasteiger partial charge on any atom is -0.480 e. The van der Waals surface area contributed by atoms with Crippen LogP contribution in [0.1, 0.15) is 25.5 Å². The quantitative estimate of drug-likeness (QED) is 0.759. The minimum absolute atomic E-state index is 0.428. The number of nitrogens with zero attached hydrogens (tertiary/aromatic N) is 1. The molecule has 2 saturated heterocycles. The second-order valence-corrected chi connectivity index (χ2v) is 9.03. The number of fused-ring (bicyclic) bond motifs is 1. The highest BCUT2D eigenvalue weighted by Gasteiger charge is 2.73. The van der Waals surface area contributed by atoms with Gasteiger partial charge in [-0.05, 0) is 19.4 Å². The maximum atomic E-state index is 12.7. The predicted octanol–water partition coefficient (Wildman–Crippen LogP) is 0.165. The van der Waals surface area contributed by atoms with Gasteiger partial charge in [0.2, 0.25) is 5.91 Å². The SMILES string of the molecule is CC1(C)[C@H](C(=O)O)N2C(=O)[C@@H]([C@H](O)c3ccccc3)[C@H]2S1(=O)=O. The Morgan fingerprint density at radius 1 is 1.26 bits per heavy atom. The molecular weight excluding hydrogens is 322 g/mol. The Morgan fingerprint density at radius 3 is 2.35 bits per heavy atom. The number of aliphatic hydroxyl groups is 1. The van der Waals surface area contributed by atoms with Gasteiger partial charge in [-0.25, -0.2) is 13.2 Å². The summed E-state index contributed by atoms with van der Waals surface area (Å²) < 4.78 is 23.8. The topological polar surface area (TPSA) is 112 Å². The third-order valence-corrected chi connectivity index (χ3v) is 7.67. The molecule has 8 heteroatoms. The van der Waals surface area contributed by atoms with Crippen LogP contribution in [0.3, 0.4) is 0 Å². The number of hydrogen-bond donors (Lipinski definition) is 2. The lowest BCUT2D eigenvalue weighted by Gasteiger charge is -2.44. The largest absolute Gasteiger partial charge is 0.480 e. The number of carbonyl (C=O) groups is 2. The molecule has 0 spiro atoms. The van der Waals surface area contributed by atoms with Gasteiger partial charge < -0.3 is 15.1 Å². The zero-order chi connectivity index (χ0) is 17.2. The minimum atomic E-state index is -3.93. The molecule has 2 fully saturated rings. The molecule has 4 atom stereocenters. The first-order valence-corrected chi connectivity index (χ1v) is 8.68. The monoisotopic (exact) mass is 339 g/mol. The van der Waals surface area contributed by atoms with Gasteiger partial charge in [-0.1, -0.05) is 30.3 Å². The molecule has 0 aromatic heterocycles. The number of sulfone groups is 1. The van der Waals surface area contributed by atoms with Crippen molar-refractivity contribution in [3.63, 3.8) is 0 Å². The molecule has 124 valence electrons. The molecular formula is C15H17NO6S. The van der Waals surface area contributed by atoms with E-state index in [-0.39, 0.29) is 0 Å². The summed E-state index contributed by atoms with van der Waals surface area (Å²) in [4.78, 5) is 24.7. The van der Waals surface area contributed by atoms with Crippen molar-refractivity contribution in [2.24, 2.45) is 5.92 Å². The summed E-state index contributed by atoms with van der Waals surface area (Å²) in [6, 6.07) is 6.84. The van der Waals surface area contributed by atoms with E-state index >= 15 is 0 Å². The van der Waals surface area contributed by atoms with E-state index in [0.29, 0.717) is 5.56 Å². The highest BCUT2D eigenvalue weighted by atomic mass is 32.2. The third-order valence-electron chi connectivity index (χ3n) is 4.82. The van der Waals surface area contributed by atoms with E-state index in [9.17, 15) is 28.2 Å². The highest BCUT2D eigenvalue weighted by molar-refractivity contribution is 7.93. The Labute approximate surface area is 133 Å². The Kier molecular flexibility index (Phi) is 3.32. The fourth-order valence-electron chi connectivity index (χ4n) is 3.49. The average molecular weight is 339 g/mol. The number of rotatable bonds is 3. The van der Waals surface area contributed by atoms with E-state index in [0.717, 1.165) is 4.90 Å². The van der Waals surface area contributed by atoms with Crippen LogP contribution in [0.25, 0.3) is 0 Å². The number of carboxylic acids is 1. The van der Waals surface area contributed by atoms with E-state index in [1.807, 2.05) is 0 Å². The van der Waals surface area contributed by atoms with Crippen molar-refractivity contribution in [3.8, 4) is 0 Å². The normalized spacial score (nSPS) is 32.0. The third kappa shape index (κ3) is 1.88. The molecule has 1 amide bonds. The Hall–Kier alpha value is -1.93. The number of carboxylic acid groups (broad SMARTS) is 1.